The smallest absolute Gasteiger partial charge is 0.254 e. The first-order valence-electron chi connectivity index (χ1n) is 5.59. The lowest BCUT2D eigenvalue weighted by Gasteiger charge is -2.00. The molecule has 0 amide bonds. The summed E-state index contributed by atoms with van der Waals surface area (Å²) in [5, 5.41) is 6.65. The summed E-state index contributed by atoms with van der Waals surface area (Å²) < 4.78 is 0. The Hall–Kier alpha value is -2.04. The fraction of sp³-hybridized carbons (Fsp3) is 0. The van der Waals surface area contributed by atoms with Crippen molar-refractivity contribution >= 4 is 45.1 Å². The summed E-state index contributed by atoms with van der Waals surface area (Å²) in [6.07, 6.45) is 0. The maximum Gasteiger partial charge on any atom is 0.254 e. The van der Waals surface area contributed by atoms with Gasteiger partial charge in [0.1, 0.15) is 0 Å². The predicted octanol–water partition coefficient (Wildman–Crippen LogP) is 4.86. The Bertz CT molecular complexity index is 640. The fourth-order valence-corrected chi connectivity index (χ4v) is 1.88. The topological polar surface area (TPSA) is 58.9 Å². The van der Waals surface area contributed by atoms with Crippen LogP contribution in [0.3, 0.4) is 0 Å². The molecule has 0 saturated carbocycles. The van der Waals surface area contributed by atoms with Gasteiger partial charge in [-0.1, -0.05) is 24.3 Å². The second kappa shape index (κ2) is 6.41. The summed E-state index contributed by atoms with van der Waals surface area (Å²) in [5.41, 5.74) is 1.13. The van der Waals surface area contributed by atoms with Crippen LogP contribution in [0.15, 0.2) is 58.8 Å². The van der Waals surface area contributed by atoms with E-state index in [1.54, 1.807) is 48.5 Å². The molecule has 2 aromatic carbocycles. The zero-order chi connectivity index (χ0) is 14.5. The third-order valence-electron chi connectivity index (χ3n) is 2.50. The number of nitrogens with zero attached hydrogens (tertiary/aromatic N) is 2. The van der Waals surface area contributed by atoms with Crippen LogP contribution in [0.2, 0.25) is 0 Å². The molecular formula is C14H8Cl2N2O2. The van der Waals surface area contributed by atoms with Crippen LogP contribution < -0.4 is 0 Å². The SMILES string of the molecule is O=C(Cl)c1ccccc1/N=N/c1ccccc1C(=O)Cl. The molecule has 6 heteroatoms. The molecule has 0 aliphatic rings. The Morgan fingerprint density at radius 2 is 1.05 bits per heavy atom. The van der Waals surface area contributed by atoms with Crippen LogP contribution in [-0.2, 0) is 0 Å². The van der Waals surface area contributed by atoms with Gasteiger partial charge in [0.15, 0.2) is 0 Å². The molecule has 2 aromatic rings. The molecule has 2 rings (SSSR count). The molecular weight excluding hydrogens is 299 g/mol. The zero-order valence-corrected chi connectivity index (χ0v) is 11.6. The van der Waals surface area contributed by atoms with Gasteiger partial charge in [-0.15, -0.1) is 10.2 Å². The molecule has 0 heterocycles. The van der Waals surface area contributed by atoms with Crippen LogP contribution in [0.5, 0.6) is 0 Å². The molecule has 0 atom stereocenters. The highest BCUT2D eigenvalue weighted by atomic mass is 35.5. The molecule has 0 saturated heterocycles. The van der Waals surface area contributed by atoms with Crippen LogP contribution in [-0.4, -0.2) is 10.5 Å². The molecule has 4 nitrogen and oxygen atoms in total. The van der Waals surface area contributed by atoms with Crippen LogP contribution in [0.4, 0.5) is 11.4 Å². The first-order chi connectivity index (χ1) is 9.59. The number of hydrogen-bond donors (Lipinski definition) is 0. The Morgan fingerprint density at radius 1 is 0.700 bits per heavy atom. The number of rotatable bonds is 4. The largest absolute Gasteiger partial charge is 0.276 e. The Labute approximate surface area is 125 Å². The number of benzene rings is 2. The standard InChI is InChI=1S/C14H8Cl2N2O2/c15-13(19)9-5-1-3-7-11(9)17-18-12-8-4-2-6-10(12)14(16)20/h1-8H/b18-17+. The number of carbonyl (C=O) groups is 2. The van der Waals surface area contributed by atoms with Crippen molar-refractivity contribution in [2.45, 2.75) is 0 Å². The highest BCUT2D eigenvalue weighted by Gasteiger charge is 2.09. The van der Waals surface area contributed by atoms with Gasteiger partial charge < -0.3 is 0 Å². The quantitative estimate of drug-likeness (QED) is 0.598. The van der Waals surface area contributed by atoms with E-state index in [1.807, 2.05) is 0 Å². The number of azo groups is 1. The summed E-state index contributed by atoms with van der Waals surface area (Å²) in [6, 6.07) is 13.0. The normalized spacial score (nSPS) is 10.7. The molecule has 0 N–H and O–H groups in total. The molecule has 0 aromatic heterocycles. The Balaban J connectivity index is 2.40. The molecule has 20 heavy (non-hydrogen) atoms. The highest BCUT2D eigenvalue weighted by Crippen LogP contribution is 2.26. The van der Waals surface area contributed by atoms with Crippen molar-refractivity contribution in [3.63, 3.8) is 0 Å². The third-order valence-corrected chi connectivity index (χ3v) is 2.90. The van der Waals surface area contributed by atoms with Crippen LogP contribution in [0.1, 0.15) is 20.7 Å². The fourth-order valence-electron chi connectivity index (χ4n) is 1.56. The van der Waals surface area contributed by atoms with E-state index in [0.29, 0.717) is 11.4 Å². The second-order valence-corrected chi connectivity index (χ2v) is 4.47. The number of hydrogen-bond acceptors (Lipinski definition) is 4. The van der Waals surface area contributed by atoms with E-state index in [1.165, 1.54) is 0 Å². The van der Waals surface area contributed by atoms with Crippen molar-refractivity contribution in [2.24, 2.45) is 10.2 Å². The van der Waals surface area contributed by atoms with Gasteiger partial charge in [0.25, 0.3) is 10.5 Å². The molecule has 100 valence electrons. The lowest BCUT2D eigenvalue weighted by Crippen LogP contribution is -1.89. The van der Waals surface area contributed by atoms with Crippen molar-refractivity contribution in [3.8, 4) is 0 Å². The molecule has 0 radical (unpaired) electrons. The molecule has 0 aliphatic heterocycles. The van der Waals surface area contributed by atoms with Gasteiger partial charge in [0.2, 0.25) is 0 Å². The second-order valence-electron chi connectivity index (χ2n) is 3.78. The van der Waals surface area contributed by atoms with E-state index in [4.69, 9.17) is 23.2 Å². The first kappa shape index (κ1) is 14.4. The van der Waals surface area contributed by atoms with Gasteiger partial charge >= 0.3 is 0 Å². The van der Waals surface area contributed by atoms with Crippen molar-refractivity contribution in [2.75, 3.05) is 0 Å². The maximum absolute atomic E-state index is 11.2. The van der Waals surface area contributed by atoms with E-state index in [0.717, 1.165) is 0 Å². The lowest BCUT2D eigenvalue weighted by molar-refractivity contribution is 0.107. The molecule has 0 unspecified atom stereocenters. The van der Waals surface area contributed by atoms with E-state index in [2.05, 4.69) is 10.2 Å². The predicted molar refractivity (Wildman–Crippen MR) is 77.4 cm³/mol. The monoisotopic (exact) mass is 306 g/mol. The minimum Gasteiger partial charge on any atom is -0.276 e. The third kappa shape index (κ3) is 3.29. The van der Waals surface area contributed by atoms with Gasteiger partial charge in [-0.05, 0) is 47.5 Å². The zero-order valence-electron chi connectivity index (χ0n) is 10.1. The van der Waals surface area contributed by atoms with Crippen LogP contribution >= 0.6 is 23.2 Å². The molecule has 0 aliphatic carbocycles. The van der Waals surface area contributed by atoms with Gasteiger partial charge in [-0.25, -0.2) is 0 Å². The van der Waals surface area contributed by atoms with Crippen molar-refractivity contribution in [1.82, 2.24) is 0 Å². The van der Waals surface area contributed by atoms with Gasteiger partial charge in [-0.2, -0.15) is 0 Å². The molecule has 0 bridgehead atoms. The van der Waals surface area contributed by atoms with Gasteiger partial charge in [0.05, 0.1) is 22.5 Å². The van der Waals surface area contributed by atoms with Gasteiger partial charge in [0, 0.05) is 0 Å². The lowest BCUT2D eigenvalue weighted by atomic mass is 10.2. The highest BCUT2D eigenvalue weighted by molar-refractivity contribution is 6.68. The average Bonchev–Trinajstić information content (AvgIpc) is 2.45. The summed E-state index contributed by atoms with van der Waals surface area (Å²) in [5.74, 6) is 0. The van der Waals surface area contributed by atoms with E-state index < -0.39 is 10.5 Å². The molecule has 0 spiro atoms. The van der Waals surface area contributed by atoms with E-state index in [9.17, 15) is 9.59 Å². The minimum absolute atomic E-state index is 0.243. The Morgan fingerprint density at radius 3 is 1.40 bits per heavy atom. The molecule has 0 fully saturated rings. The minimum atomic E-state index is -0.624. The van der Waals surface area contributed by atoms with E-state index >= 15 is 0 Å². The Kier molecular flexibility index (Phi) is 4.61. The van der Waals surface area contributed by atoms with Crippen LogP contribution in [0, 0.1) is 0 Å². The van der Waals surface area contributed by atoms with Crippen molar-refractivity contribution < 1.29 is 9.59 Å². The summed E-state index contributed by atoms with van der Waals surface area (Å²) in [6.45, 7) is 0. The van der Waals surface area contributed by atoms with E-state index in [-0.39, 0.29) is 11.1 Å². The van der Waals surface area contributed by atoms with Crippen molar-refractivity contribution in [3.05, 3.63) is 59.7 Å². The first-order valence-corrected chi connectivity index (χ1v) is 6.34. The van der Waals surface area contributed by atoms with Gasteiger partial charge in [-0.3, -0.25) is 9.59 Å². The average molecular weight is 307 g/mol. The summed E-state index contributed by atoms with van der Waals surface area (Å²) in [4.78, 5) is 22.5. The summed E-state index contributed by atoms with van der Waals surface area (Å²) >= 11 is 10.9. The number of halogens is 2. The summed E-state index contributed by atoms with van der Waals surface area (Å²) in [7, 11) is 0. The van der Waals surface area contributed by atoms with Crippen LogP contribution in [0.25, 0.3) is 0 Å². The maximum atomic E-state index is 11.2. The van der Waals surface area contributed by atoms with Crippen molar-refractivity contribution in [1.29, 1.82) is 0 Å². The number of carbonyl (C=O) groups excluding carboxylic acids is 2.